The van der Waals surface area contributed by atoms with Crippen molar-refractivity contribution in [2.75, 3.05) is 12.9 Å². The molecule has 1 N–H and O–H groups in total. The molecule has 2 aromatic heterocycles. The second-order valence-corrected chi connectivity index (χ2v) is 11.0. The third kappa shape index (κ3) is 4.16. The monoisotopic (exact) mass is 489 g/mol. The van der Waals surface area contributed by atoms with E-state index in [1.807, 2.05) is 0 Å². The molecule has 1 amide bonds. The molecule has 6 nitrogen and oxygen atoms in total. The lowest BCUT2D eigenvalue weighted by molar-refractivity contribution is -0.118. The van der Waals surface area contributed by atoms with Gasteiger partial charge in [-0.15, -0.1) is 11.3 Å². The Bertz CT molecular complexity index is 1270. The van der Waals surface area contributed by atoms with Crippen LogP contribution in [0.1, 0.15) is 36.6 Å². The Kier molecular flexibility index (Phi) is 5.94. The molecule has 0 radical (unpaired) electrons. The van der Waals surface area contributed by atoms with Gasteiger partial charge >= 0.3 is 0 Å². The molecule has 2 aliphatic carbocycles. The van der Waals surface area contributed by atoms with Gasteiger partial charge in [-0.25, -0.2) is 4.98 Å². The Labute approximate surface area is 199 Å². The van der Waals surface area contributed by atoms with E-state index in [2.05, 4.69) is 12.2 Å². The molecule has 1 unspecified atom stereocenters. The second kappa shape index (κ2) is 8.72. The summed E-state index contributed by atoms with van der Waals surface area (Å²) in [5.74, 6) is 1.28. The minimum absolute atomic E-state index is 0.0456. The fourth-order valence-electron chi connectivity index (χ4n) is 4.15. The number of thioether (sulfide) groups is 1. The molecular weight excluding hydrogens is 466 g/mol. The number of carbonyl (C=O) groups is 1. The van der Waals surface area contributed by atoms with Crippen LogP contribution in [0, 0.1) is 5.92 Å². The number of nitrogens with one attached hydrogen (secondary N) is 1. The number of carbonyl (C=O) groups excluding carboxylic acids is 1. The van der Waals surface area contributed by atoms with E-state index in [0.29, 0.717) is 39.0 Å². The van der Waals surface area contributed by atoms with Gasteiger partial charge < -0.3 is 10.1 Å². The zero-order valence-electron chi connectivity index (χ0n) is 17.9. The number of rotatable bonds is 6. The number of aromatic nitrogens is 2. The Morgan fingerprint density at radius 3 is 2.94 bits per heavy atom. The summed E-state index contributed by atoms with van der Waals surface area (Å²) in [4.78, 5) is 33.1. The Hall–Kier alpha value is -2.03. The van der Waals surface area contributed by atoms with E-state index in [1.54, 1.807) is 41.2 Å². The number of aryl methyl sites for hydroxylation is 1. The minimum atomic E-state index is -0.132. The third-order valence-electron chi connectivity index (χ3n) is 5.96. The Balaban J connectivity index is 1.66. The first kappa shape index (κ1) is 21.8. The maximum atomic E-state index is 13.9. The van der Waals surface area contributed by atoms with Crippen LogP contribution in [0.15, 0.2) is 28.2 Å². The van der Waals surface area contributed by atoms with Crippen molar-refractivity contribution >= 4 is 50.8 Å². The predicted molar refractivity (Wildman–Crippen MR) is 130 cm³/mol. The van der Waals surface area contributed by atoms with Gasteiger partial charge in [0.15, 0.2) is 5.16 Å². The van der Waals surface area contributed by atoms with E-state index in [-0.39, 0.29) is 17.2 Å². The van der Waals surface area contributed by atoms with Crippen molar-refractivity contribution in [1.82, 2.24) is 14.9 Å². The van der Waals surface area contributed by atoms with Crippen molar-refractivity contribution in [3.63, 3.8) is 0 Å². The summed E-state index contributed by atoms with van der Waals surface area (Å²) in [6, 6.07) is 5.47. The van der Waals surface area contributed by atoms with Gasteiger partial charge in [0.2, 0.25) is 5.91 Å². The lowest BCUT2D eigenvalue weighted by Crippen LogP contribution is -2.28. The van der Waals surface area contributed by atoms with Gasteiger partial charge in [0.05, 0.1) is 23.9 Å². The molecule has 1 fully saturated rings. The molecule has 1 saturated carbocycles. The van der Waals surface area contributed by atoms with Crippen LogP contribution in [-0.2, 0) is 17.6 Å². The first-order chi connectivity index (χ1) is 15.4. The Morgan fingerprint density at radius 2 is 2.19 bits per heavy atom. The molecule has 0 spiro atoms. The van der Waals surface area contributed by atoms with Crippen LogP contribution in [0.2, 0.25) is 5.02 Å². The summed E-state index contributed by atoms with van der Waals surface area (Å²) < 4.78 is 7.10. The summed E-state index contributed by atoms with van der Waals surface area (Å²) >= 11 is 9.16. The van der Waals surface area contributed by atoms with E-state index >= 15 is 0 Å². The van der Waals surface area contributed by atoms with Crippen molar-refractivity contribution in [3.05, 3.63) is 44.0 Å². The standard InChI is InChI=1S/C23H24ClN3O3S2/c1-12-3-7-15-18(9-12)32-21-20(15)22(29)27(16-10-13(24)4-8-17(16)30-2)23(26-21)31-11-19(28)25-14-5-6-14/h4,8,10,12,14H,3,5-7,9,11H2,1-2H3,(H,25,28). The van der Waals surface area contributed by atoms with E-state index in [9.17, 15) is 9.59 Å². The third-order valence-corrected chi connectivity index (χ3v) is 8.28. The van der Waals surface area contributed by atoms with Gasteiger partial charge in [0.1, 0.15) is 10.6 Å². The number of ether oxygens (including phenoxy) is 1. The van der Waals surface area contributed by atoms with E-state index < -0.39 is 0 Å². The minimum Gasteiger partial charge on any atom is -0.495 e. The summed E-state index contributed by atoms with van der Waals surface area (Å²) in [7, 11) is 1.56. The molecule has 1 atom stereocenters. The van der Waals surface area contributed by atoms with E-state index in [1.165, 1.54) is 16.6 Å². The summed E-state index contributed by atoms with van der Waals surface area (Å²) in [5, 5.41) is 4.65. The number of nitrogens with zero attached hydrogens (tertiary/aromatic N) is 2. The Morgan fingerprint density at radius 1 is 1.38 bits per heavy atom. The zero-order valence-corrected chi connectivity index (χ0v) is 20.3. The lowest BCUT2D eigenvalue weighted by atomic mass is 9.89. The van der Waals surface area contributed by atoms with Crippen molar-refractivity contribution in [2.24, 2.45) is 5.92 Å². The van der Waals surface area contributed by atoms with Crippen LogP contribution >= 0.6 is 34.7 Å². The lowest BCUT2D eigenvalue weighted by Gasteiger charge is -2.18. The second-order valence-electron chi connectivity index (χ2n) is 8.51. The van der Waals surface area contributed by atoms with Crippen LogP contribution in [0.3, 0.4) is 0 Å². The molecular formula is C23H24ClN3O3S2. The summed E-state index contributed by atoms with van der Waals surface area (Å²) in [5.41, 5.74) is 1.53. The molecule has 1 aromatic carbocycles. The van der Waals surface area contributed by atoms with Crippen molar-refractivity contribution in [3.8, 4) is 11.4 Å². The molecule has 0 aliphatic heterocycles. The molecule has 168 valence electrons. The highest BCUT2D eigenvalue weighted by Crippen LogP contribution is 2.38. The normalized spacial score (nSPS) is 17.9. The first-order valence-electron chi connectivity index (χ1n) is 10.8. The number of benzene rings is 1. The number of hydrogen-bond donors (Lipinski definition) is 1. The van der Waals surface area contributed by atoms with Crippen LogP contribution in [-0.4, -0.2) is 34.4 Å². The van der Waals surface area contributed by atoms with E-state index in [0.717, 1.165) is 42.5 Å². The van der Waals surface area contributed by atoms with E-state index in [4.69, 9.17) is 21.3 Å². The molecule has 5 rings (SSSR count). The highest BCUT2D eigenvalue weighted by Gasteiger charge is 2.27. The van der Waals surface area contributed by atoms with Crippen LogP contribution in [0.4, 0.5) is 0 Å². The molecule has 9 heteroatoms. The quantitative estimate of drug-likeness (QED) is 0.404. The number of hydrogen-bond acceptors (Lipinski definition) is 6. The van der Waals surface area contributed by atoms with Crippen LogP contribution < -0.4 is 15.6 Å². The van der Waals surface area contributed by atoms with Gasteiger partial charge in [-0.3, -0.25) is 14.2 Å². The SMILES string of the molecule is COc1ccc(Cl)cc1-n1c(SCC(=O)NC2CC2)nc2sc3c(c2c1=O)CCC(C)C3. The largest absolute Gasteiger partial charge is 0.495 e. The highest BCUT2D eigenvalue weighted by atomic mass is 35.5. The average Bonchev–Trinajstić information content (AvgIpc) is 3.49. The van der Waals surface area contributed by atoms with Crippen molar-refractivity contribution in [1.29, 1.82) is 0 Å². The van der Waals surface area contributed by atoms with Crippen molar-refractivity contribution in [2.45, 2.75) is 50.2 Å². The number of amides is 1. The molecule has 3 aromatic rings. The number of halogens is 1. The number of fused-ring (bicyclic) bond motifs is 3. The number of methoxy groups -OCH3 is 1. The molecule has 0 saturated heterocycles. The van der Waals surface area contributed by atoms with Gasteiger partial charge in [0.25, 0.3) is 5.56 Å². The summed E-state index contributed by atoms with van der Waals surface area (Å²) in [6.07, 6.45) is 4.99. The van der Waals surface area contributed by atoms with Gasteiger partial charge in [-0.05, 0) is 61.8 Å². The maximum Gasteiger partial charge on any atom is 0.267 e. The molecule has 2 aliphatic rings. The molecule has 0 bridgehead atoms. The fourth-order valence-corrected chi connectivity index (χ4v) is 6.55. The molecule has 32 heavy (non-hydrogen) atoms. The highest BCUT2D eigenvalue weighted by molar-refractivity contribution is 7.99. The predicted octanol–water partition coefficient (Wildman–Crippen LogP) is 4.60. The fraction of sp³-hybridized carbons (Fsp3) is 0.435. The average molecular weight is 490 g/mol. The maximum absolute atomic E-state index is 13.9. The first-order valence-corrected chi connectivity index (χ1v) is 13.0. The van der Waals surface area contributed by atoms with Crippen LogP contribution in [0.25, 0.3) is 15.9 Å². The van der Waals surface area contributed by atoms with Gasteiger partial charge in [-0.1, -0.05) is 30.3 Å². The number of thiophene rings is 1. The smallest absolute Gasteiger partial charge is 0.267 e. The van der Waals surface area contributed by atoms with Gasteiger partial charge in [-0.2, -0.15) is 0 Å². The van der Waals surface area contributed by atoms with Gasteiger partial charge in [0, 0.05) is 15.9 Å². The molecule has 2 heterocycles. The zero-order chi connectivity index (χ0) is 22.4. The topological polar surface area (TPSA) is 73.2 Å². The van der Waals surface area contributed by atoms with Crippen molar-refractivity contribution < 1.29 is 9.53 Å². The summed E-state index contributed by atoms with van der Waals surface area (Å²) in [6.45, 7) is 2.25. The van der Waals surface area contributed by atoms with Crippen LogP contribution in [0.5, 0.6) is 5.75 Å².